The smallest absolute Gasteiger partial charge is 0.0897 e. The molecule has 2 rings (SSSR count). The van der Waals surface area contributed by atoms with Crippen LogP contribution in [0, 0.1) is 6.92 Å². The average molecular weight is 289 g/mol. The van der Waals surface area contributed by atoms with E-state index in [0.717, 1.165) is 17.2 Å². The van der Waals surface area contributed by atoms with Crippen LogP contribution < -0.4 is 5.73 Å². The first-order valence-electron chi connectivity index (χ1n) is 6.98. The largest absolute Gasteiger partial charge is 0.329 e. The van der Waals surface area contributed by atoms with Gasteiger partial charge in [-0.1, -0.05) is 37.3 Å². The zero-order valence-corrected chi connectivity index (χ0v) is 13.2. The summed E-state index contributed by atoms with van der Waals surface area (Å²) >= 11 is 1.70. The number of aromatic nitrogens is 1. The quantitative estimate of drug-likeness (QED) is 0.889. The lowest BCUT2D eigenvalue weighted by molar-refractivity contribution is 0.211. The third-order valence-electron chi connectivity index (χ3n) is 3.79. The molecule has 0 aliphatic rings. The summed E-state index contributed by atoms with van der Waals surface area (Å²) < 4.78 is 0. The van der Waals surface area contributed by atoms with Crippen molar-refractivity contribution in [1.82, 2.24) is 9.88 Å². The minimum absolute atomic E-state index is 0.319. The highest BCUT2D eigenvalue weighted by molar-refractivity contribution is 7.09. The van der Waals surface area contributed by atoms with Crippen molar-refractivity contribution in [2.45, 2.75) is 32.4 Å². The van der Waals surface area contributed by atoms with E-state index in [1.54, 1.807) is 11.3 Å². The molecule has 0 spiro atoms. The number of thiazole rings is 1. The highest BCUT2D eigenvalue weighted by Gasteiger charge is 2.22. The fourth-order valence-electron chi connectivity index (χ4n) is 2.60. The van der Waals surface area contributed by atoms with Gasteiger partial charge in [-0.25, -0.2) is 4.98 Å². The predicted molar refractivity (Wildman–Crippen MR) is 86.0 cm³/mol. The van der Waals surface area contributed by atoms with E-state index in [4.69, 9.17) is 5.73 Å². The molecule has 1 heterocycles. The first kappa shape index (κ1) is 15.2. The van der Waals surface area contributed by atoms with Crippen molar-refractivity contribution in [2.75, 3.05) is 13.6 Å². The summed E-state index contributed by atoms with van der Waals surface area (Å²) in [5.74, 6) is 0.408. The molecule has 2 aromatic rings. The fraction of sp³-hybridized carbons (Fsp3) is 0.438. The van der Waals surface area contributed by atoms with Crippen molar-refractivity contribution in [3.63, 3.8) is 0 Å². The second kappa shape index (κ2) is 6.97. The summed E-state index contributed by atoms with van der Waals surface area (Å²) in [5, 5.41) is 3.25. The normalized spacial score (nSPS) is 14.4. The van der Waals surface area contributed by atoms with E-state index >= 15 is 0 Å². The molecule has 2 atom stereocenters. The van der Waals surface area contributed by atoms with Crippen LogP contribution in [0.3, 0.4) is 0 Å². The molecule has 2 unspecified atom stereocenters. The Morgan fingerprint density at radius 3 is 2.55 bits per heavy atom. The van der Waals surface area contributed by atoms with Crippen LogP contribution in [0.25, 0.3) is 0 Å². The van der Waals surface area contributed by atoms with Gasteiger partial charge in [-0.3, -0.25) is 4.90 Å². The molecule has 2 N–H and O–H groups in total. The van der Waals surface area contributed by atoms with Gasteiger partial charge in [0, 0.05) is 24.5 Å². The van der Waals surface area contributed by atoms with Gasteiger partial charge in [-0.05, 0) is 25.5 Å². The van der Waals surface area contributed by atoms with Gasteiger partial charge in [0.05, 0.1) is 10.7 Å². The average Bonchev–Trinajstić information content (AvgIpc) is 2.85. The van der Waals surface area contributed by atoms with Crippen LogP contribution in [0.2, 0.25) is 0 Å². The molecule has 4 heteroatoms. The summed E-state index contributed by atoms with van der Waals surface area (Å²) in [7, 11) is 2.13. The second-order valence-electron chi connectivity index (χ2n) is 5.28. The second-order valence-corrected chi connectivity index (χ2v) is 6.34. The molecule has 0 fully saturated rings. The highest BCUT2D eigenvalue weighted by Crippen LogP contribution is 2.23. The lowest BCUT2D eigenvalue weighted by Crippen LogP contribution is -2.41. The van der Waals surface area contributed by atoms with Crippen molar-refractivity contribution in [3.05, 3.63) is 52.0 Å². The van der Waals surface area contributed by atoms with Crippen LogP contribution in [0.1, 0.15) is 29.1 Å². The first-order chi connectivity index (χ1) is 9.61. The molecule has 1 aromatic heterocycles. The molecule has 0 saturated carbocycles. The van der Waals surface area contributed by atoms with E-state index in [1.807, 2.05) is 6.92 Å². The molecule has 3 nitrogen and oxygen atoms in total. The van der Waals surface area contributed by atoms with Crippen LogP contribution in [0.5, 0.6) is 0 Å². The lowest BCUT2D eigenvalue weighted by atomic mass is 9.92. The number of aryl methyl sites for hydroxylation is 1. The minimum Gasteiger partial charge on any atom is -0.329 e. The van der Waals surface area contributed by atoms with Gasteiger partial charge in [0.25, 0.3) is 0 Å². The Bertz CT molecular complexity index is 524. The molecule has 0 saturated heterocycles. The molecule has 0 radical (unpaired) electrons. The zero-order chi connectivity index (χ0) is 14.5. The minimum atomic E-state index is 0.319. The van der Waals surface area contributed by atoms with E-state index in [0.29, 0.717) is 18.5 Å². The maximum absolute atomic E-state index is 6.01. The van der Waals surface area contributed by atoms with Gasteiger partial charge in [0.1, 0.15) is 0 Å². The molecule has 108 valence electrons. The topological polar surface area (TPSA) is 42.2 Å². The molecule has 1 aromatic carbocycles. The Kier molecular flexibility index (Phi) is 5.29. The van der Waals surface area contributed by atoms with Gasteiger partial charge in [-0.15, -0.1) is 11.3 Å². The molecule has 0 aliphatic heterocycles. The van der Waals surface area contributed by atoms with Crippen molar-refractivity contribution in [1.29, 1.82) is 0 Å². The molecule has 0 bridgehead atoms. The summed E-state index contributed by atoms with van der Waals surface area (Å²) in [6, 6.07) is 10.9. The van der Waals surface area contributed by atoms with Crippen LogP contribution in [0.4, 0.5) is 0 Å². The van der Waals surface area contributed by atoms with E-state index < -0.39 is 0 Å². The standard InChI is InChI=1S/C16H23N3S/c1-12(14-7-5-4-6-8-14)16(9-17)19(3)10-15-11-20-13(2)18-15/h4-8,11-12,16H,9-10,17H2,1-3H3. The molecular weight excluding hydrogens is 266 g/mol. The van der Waals surface area contributed by atoms with Crippen LogP contribution in [-0.2, 0) is 6.54 Å². The third-order valence-corrected chi connectivity index (χ3v) is 4.61. The summed E-state index contributed by atoms with van der Waals surface area (Å²) in [5.41, 5.74) is 8.48. The highest BCUT2D eigenvalue weighted by atomic mass is 32.1. The Hall–Kier alpha value is -1.23. The fourth-order valence-corrected chi connectivity index (χ4v) is 3.20. The Labute approximate surface area is 125 Å². The number of hydrogen-bond donors (Lipinski definition) is 1. The molecular formula is C16H23N3S. The van der Waals surface area contributed by atoms with Gasteiger partial charge in [0.2, 0.25) is 0 Å². The van der Waals surface area contributed by atoms with Gasteiger partial charge < -0.3 is 5.73 Å². The van der Waals surface area contributed by atoms with E-state index in [9.17, 15) is 0 Å². The molecule has 20 heavy (non-hydrogen) atoms. The number of benzene rings is 1. The van der Waals surface area contributed by atoms with Gasteiger partial charge in [-0.2, -0.15) is 0 Å². The molecule has 0 amide bonds. The lowest BCUT2D eigenvalue weighted by Gasteiger charge is -2.31. The van der Waals surface area contributed by atoms with Crippen molar-refractivity contribution in [3.8, 4) is 0 Å². The van der Waals surface area contributed by atoms with E-state index in [-0.39, 0.29) is 0 Å². The Morgan fingerprint density at radius 2 is 2.00 bits per heavy atom. The van der Waals surface area contributed by atoms with E-state index in [1.165, 1.54) is 5.56 Å². The van der Waals surface area contributed by atoms with Gasteiger partial charge in [0.15, 0.2) is 0 Å². The van der Waals surface area contributed by atoms with Crippen molar-refractivity contribution in [2.24, 2.45) is 5.73 Å². The number of nitrogens with zero attached hydrogens (tertiary/aromatic N) is 2. The Morgan fingerprint density at radius 1 is 1.30 bits per heavy atom. The summed E-state index contributed by atoms with van der Waals surface area (Å²) in [6.07, 6.45) is 0. The first-order valence-corrected chi connectivity index (χ1v) is 7.86. The number of nitrogens with two attached hydrogens (primary N) is 1. The Balaban J connectivity index is 2.07. The summed E-state index contributed by atoms with van der Waals surface area (Å²) in [6.45, 7) is 5.79. The van der Waals surface area contributed by atoms with Crippen LogP contribution in [0.15, 0.2) is 35.7 Å². The summed E-state index contributed by atoms with van der Waals surface area (Å²) in [4.78, 5) is 6.85. The van der Waals surface area contributed by atoms with Crippen molar-refractivity contribution >= 4 is 11.3 Å². The number of hydrogen-bond acceptors (Lipinski definition) is 4. The van der Waals surface area contributed by atoms with Crippen LogP contribution >= 0.6 is 11.3 Å². The number of likely N-dealkylation sites (N-methyl/N-ethyl adjacent to an activating group) is 1. The maximum Gasteiger partial charge on any atom is 0.0897 e. The zero-order valence-electron chi connectivity index (χ0n) is 12.4. The third kappa shape index (κ3) is 3.66. The predicted octanol–water partition coefficient (Wildman–Crippen LogP) is 3.01. The van der Waals surface area contributed by atoms with Crippen LogP contribution in [-0.4, -0.2) is 29.5 Å². The van der Waals surface area contributed by atoms with Crippen molar-refractivity contribution < 1.29 is 0 Å². The SMILES string of the molecule is Cc1nc(CN(C)C(CN)C(C)c2ccccc2)cs1. The van der Waals surface area contributed by atoms with Gasteiger partial charge >= 0.3 is 0 Å². The number of rotatable bonds is 6. The van der Waals surface area contributed by atoms with E-state index in [2.05, 4.69) is 59.6 Å². The molecule has 0 aliphatic carbocycles. The maximum atomic E-state index is 6.01. The monoisotopic (exact) mass is 289 g/mol.